The molecule has 5 nitrogen and oxygen atoms in total. The molecule has 6 heteroatoms. The molecule has 0 fully saturated rings. The molecule has 2 aromatic carbocycles. The number of hydrogen-bond donors (Lipinski definition) is 0. The molecule has 0 unspecified atom stereocenters. The highest BCUT2D eigenvalue weighted by Crippen LogP contribution is 2.28. The molecular weight excluding hydrogens is 380 g/mol. The van der Waals surface area contributed by atoms with Crippen LogP contribution in [0.4, 0.5) is 5.13 Å². The van der Waals surface area contributed by atoms with E-state index in [1.807, 2.05) is 60.8 Å². The molecule has 0 aliphatic carbocycles. The van der Waals surface area contributed by atoms with Crippen LogP contribution in [0.2, 0.25) is 0 Å². The number of carbonyl (C=O) groups excluding carboxylic acids is 1. The summed E-state index contributed by atoms with van der Waals surface area (Å²) >= 11 is 1.49. The molecule has 4 aromatic rings. The lowest BCUT2D eigenvalue weighted by Gasteiger charge is -2.19. The molecular formula is C23H22N4OS. The lowest BCUT2D eigenvalue weighted by Crippen LogP contribution is -2.32. The normalized spacial score (nSPS) is 10.8. The van der Waals surface area contributed by atoms with Crippen molar-refractivity contribution in [3.05, 3.63) is 89.6 Å². The van der Waals surface area contributed by atoms with Crippen molar-refractivity contribution in [2.24, 2.45) is 0 Å². The van der Waals surface area contributed by atoms with E-state index in [1.165, 1.54) is 16.9 Å². The first-order valence-electron chi connectivity index (χ1n) is 9.64. The number of aryl methyl sites for hydroxylation is 1. The molecule has 0 saturated heterocycles. The maximum absolute atomic E-state index is 13.3. The fourth-order valence-electron chi connectivity index (χ4n) is 3.10. The number of hydrogen-bond acceptors (Lipinski definition) is 4. The molecule has 1 amide bonds. The van der Waals surface area contributed by atoms with Crippen LogP contribution in [0, 0.1) is 0 Å². The van der Waals surface area contributed by atoms with E-state index in [1.54, 1.807) is 22.0 Å². The van der Waals surface area contributed by atoms with Gasteiger partial charge in [-0.2, -0.15) is 5.10 Å². The Hall–Kier alpha value is -3.25. The molecule has 0 spiro atoms. The number of benzene rings is 2. The monoisotopic (exact) mass is 402 g/mol. The summed E-state index contributed by atoms with van der Waals surface area (Å²) in [5.74, 6) is -0.0745. The molecule has 0 aliphatic rings. The summed E-state index contributed by atoms with van der Waals surface area (Å²) < 4.78 is 1.76. The number of amides is 1. The van der Waals surface area contributed by atoms with Gasteiger partial charge >= 0.3 is 0 Å². The topological polar surface area (TPSA) is 51.0 Å². The molecule has 0 bridgehead atoms. The minimum Gasteiger partial charge on any atom is -0.284 e. The zero-order valence-electron chi connectivity index (χ0n) is 16.2. The number of nitrogens with zero attached hydrogens (tertiary/aromatic N) is 4. The van der Waals surface area contributed by atoms with Crippen LogP contribution < -0.4 is 4.90 Å². The molecule has 29 heavy (non-hydrogen) atoms. The first kappa shape index (κ1) is 19.1. The molecule has 0 atom stereocenters. The van der Waals surface area contributed by atoms with Gasteiger partial charge in [0.2, 0.25) is 0 Å². The van der Waals surface area contributed by atoms with Crippen molar-refractivity contribution >= 4 is 22.4 Å². The third kappa shape index (κ3) is 4.43. The van der Waals surface area contributed by atoms with E-state index in [9.17, 15) is 4.79 Å². The molecule has 0 saturated carbocycles. The van der Waals surface area contributed by atoms with Crippen molar-refractivity contribution in [3.63, 3.8) is 0 Å². The maximum Gasteiger partial charge on any atom is 0.263 e. The Labute approximate surface area is 174 Å². The average molecular weight is 403 g/mol. The third-order valence-corrected chi connectivity index (χ3v) is 5.57. The Balaban J connectivity index is 1.62. The van der Waals surface area contributed by atoms with Crippen LogP contribution in [0.5, 0.6) is 0 Å². The predicted molar refractivity (Wildman–Crippen MR) is 117 cm³/mol. The number of aromatic nitrogens is 3. The van der Waals surface area contributed by atoms with Gasteiger partial charge in [0.15, 0.2) is 5.13 Å². The Morgan fingerprint density at radius 3 is 2.48 bits per heavy atom. The van der Waals surface area contributed by atoms with Gasteiger partial charge in [-0.3, -0.25) is 14.4 Å². The van der Waals surface area contributed by atoms with Gasteiger partial charge < -0.3 is 0 Å². The highest BCUT2D eigenvalue weighted by molar-refractivity contribution is 7.14. The largest absolute Gasteiger partial charge is 0.284 e. The van der Waals surface area contributed by atoms with Crippen LogP contribution in [0.3, 0.4) is 0 Å². The summed E-state index contributed by atoms with van der Waals surface area (Å²) in [6.07, 6.45) is 4.19. The quantitative estimate of drug-likeness (QED) is 0.441. The zero-order valence-corrected chi connectivity index (χ0v) is 17.0. The van der Waals surface area contributed by atoms with E-state index in [0.29, 0.717) is 17.2 Å². The lowest BCUT2D eigenvalue weighted by molar-refractivity contribution is 0.0987. The summed E-state index contributed by atoms with van der Waals surface area (Å²) in [4.78, 5) is 19.8. The first-order valence-corrected chi connectivity index (χ1v) is 10.5. The van der Waals surface area contributed by atoms with E-state index in [0.717, 1.165) is 24.2 Å². The molecule has 2 heterocycles. The summed E-state index contributed by atoms with van der Waals surface area (Å²) in [6.45, 7) is 3.29. The van der Waals surface area contributed by atoms with Crippen molar-refractivity contribution in [3.8, 4) is 11.3 Å². The van der Waals surface area contributed by atoms with Crippen LogP contribution in [0.25, 0.3) is 11.3 Å². The molecule has 146 valence electrons. The molecule has 0 N–H and O–H groups in total. The fourth-order valence-corrected chi connectivity index (χ4v) is 3.96. The second-order valence-electron chi connectivity index (χ2n) is 6.66. The Bertz CT molecular complexity index is 1070. The number of carbonyl (C=O) groups is 1. The zero-order chi connectivity index (χ0) is 20.1. The van der Waals surface area contributed by atoms with Crippen LogP contribution in [0.15, 0.2) is 78.4 Å². The standard InChI is InChI=1S/C23H22N4OS/c1-2-26-16-20(15-24-26)22(28)27(14-13-18-9-5-3-6-10-18)23-25-21(17-29-23)19-11-7-4-8-12-19/h3-12,15-17H,2,13-14H2,1H3. The van der Waals surface area contributed by atoms with Crippen molar-refractivity contribution in [1.29, 1.82) is 0 Å². The number of thiazole rings is 1. The minimum atomic E-state index is -0.0745. The van der Waals surface area contributed by atoms with Crippen molar-refractivity contribution in [2.45, 2.75) is 19.9 Å². The Kier molecular flexibility index (Phi) is 5.81. The lowest BCUT2D eigenvalue weighted by atomic mass is 10.1. The Morgan fingerprint density at radius 1 is 1.07 bits per heavy atom. The van der Waals surface area contributed by atoms with Crippen LogP contribution in [0.1, 0.15) is 22.8 Å². The summed E-state index contributed by atoms with van der Waals surface area (Å²) in [5, 5.41) is 6.96. The molecule has 2 aromatic heterocycles. The number of rotatable bonds is 7. The molecule has 0 radical (unpaired) electrons. The van der Waals surface area contributed by atoms with Crippen molar-refractivity contribution < 1.29 is 4.79 Å². The second kappa shape index (κ2) is 8.84. The van der Waals surface area contributed by atoms with Crippen LogP contribution >= 0.6 is 11.3 Å². The summed E-state index contributed by atoms with van der Waals surface area (Å²) in [5.41, 5.74) is 3.70. The van der Waals surface area contributed by atoms with Crippen molar-refractivity contribution in [1.82, 2.24) is 14.8 Å². The second-order valence-corrected chi connectivity index (χ2v) is 7.49. The predicted octanol–water partition coefficient (Wildman–Crippen LogP) is 4.92. The number of anilines is 1. The van der Waals surface area contributed by atoms with E-state index in [2.05, 4.69) is 17.2 Å². The average Bonchev–Trinajstić information content (AvgIpc) is 3.45. The van der Waals surface area contributed by atoms with E-state index >= 15 is 0 Å². The first-order chi connectivity index (χ1) is 14.2. The van der Waals surface area contributed by atoms with Gasteiger partial charge in [-0.15, -0.1) is 11.3 Å². The molecule has 4 rings (SSSR count). The maximum atomic E-state index is 13.3. The summed E-state index contributed by atoms with van der Waals surface area (Å²) in [7, 11) is 0. The van der Waals surface area contributed by atoms with Gasteiger partial charge in [-0.25, -0.2) is 4.98 Å². The van der Waals surface area contributed by atoms with E-state index in [4.69, 9.17) is 4.98 Å². The van der Waals surface area contributed by atoms with Crippen molar-refractivity contribution in [2.75, 3.05) is 11.4 Å². The summed E-state index contributed by atoms with van der Waals surface area (Å²) in [6, 6.07) is 20.2. The van der Waals surface area contributed by atoms with Gasteiger partial charge in [0, 0.05) is 30.2 Å². The van der Waals surface area contributed by atoms with Gasteiger partial charge in [0.25, 0.3) is 5.91 Å². The SMILES string of the molecule is CCn1cc(C(=O)N(CCc2ccccc2)c2nc(-c3ccccc3)cs2)cn1. The van der Waals surface area contributed by atoms with E-state index < -0.39 is 0 Å². The minimum absolute atomic E-state index is 0.0745. The third-order valence-electron chi connectivity index (χ3n) is 4.71. The van der Waals surface area contributed by atoms with E-state index in [-0.39, 0.29) is 5.91 Å². The van der Waals surface area contributed by atoms with Gasteiger partial charge in [-0.1, -0.05) is 60.7 Å². The van der Waals surface area contributed by atoms with Gasteiger partial charge in [-0.05, 0) is 18.9 Å². The fraction of sp³-hybridized carbons (Fsp3) is 0.174. The Morgan fingerprint density at radius 2 is 1.79 bits per heavy atom. The van der Waals surface area contributed by atoms with Crippen LogP contribution in [-0.2, 0) is 13.0 Å². The highest BCUT2D eigenvalue weighted by atomic mass is 32.1. The highest BCUT2D eigenvalue weighted by Gasteiger charge is 2.22. The molecule has 0 aliphatic heterocycles. The smallest absolute Gasteiger partial charge is 0.263 e. The van der Waals surface area contributed by atoms with Gasteiger partial charge in [0.05, 0.1) is 17.5 Å². The van der Waals surface area contributed by atoms with Crippen LogP contribution in [-0.4, -0.2) is 27.2 Å². The van der Waals surface area contributed by atoms with Gasteiger partial charge in [0.1, 0.15) is 0 Å².